The molecule has 1 aromatic heterocycles. The number of nitrogens with zero attached hydrogens (tertiary/aromatic N) is 2. The second-order valence-electron chi connectivity index (χ2n) is 6.95. The highest BCUT2D eigenvalue weighted by molar-refractivity contribution is 6.31. The molecule has 162 valence electrons. The first kappa shape index (κ1) is 21.6. The quantitative estimate of drug-likeness (QED) is 0.448. The van der Waals surface area contributed by atoms with Gasteiger partial charge in [-0.15, -0.1) is 0 Å². The number of alkyl halides is 3. The first-order valence-electron chi connectivity index (χ1n) is 9.45. The maximum absolute atomic E-state index is 13.2. The first-order chi connectivity index (χ1) is 15.2. The van der Waals surface area contributed by atoms with Crippen LogP contribution in [0.3, 0.4) is 0 Å². The minimum Gasteiger partial charge on any atom is -0.324 e. The number of anilines is 1. The number of carbonyl (C=O) groups is 1. The van der Waals surface area contributed by atoms with Crippen molar-refractivity contribution in [3.8, 4) is 11.3 Å². The molecule has 0 aliphatic carbocycles. The van der Waals surface area contributed by atoms with Crippen molar-refractivity contribution in [3.63, 3.8) is 0 Å². The van der Waals surface area contributed by atoms with E-state index in [-0.39, 0.29) is 5.69 Å². The minimum absolute atomic E-state index is 0.382. The van der Waals surface area contributed by atoms with E-state index in [0.29, 0.717) is 27.2 Å². The van der Waals surface area contributed by atoms with Crippen LogP contribution in [-0.4, -0.2) is 15.5 Å². The topological polar surface area (TPSA) is 64.0 Å². The Morgan fingerprint density at radius 3 is 2.41 bits per heavy atom. The van der Waals surface area contributed by atoms with Gasteiger partial charge >= 0.3 is 11.9 Å². The SMILES string of the molecule is O=C(Cn1c(=O)nc(-c2ccccc2)c2cc(Cl)ccc21)Nc1ccccc1C(F)(F)F. The molecule has 4 aromatic rings. The van der Waals surface area contributed by atoms with Gasteiger partial charge in [-0.25, -0.2) is 4.79 Å². The summed E-state index contributed by atoms with van der Waals surface area (Å²) in [7, 11) is 0. The molecule has 0 saturated carbocycles. The van der Waals surface area contributed by atoms with E-state index < -0.39 is 29.9 Å². The van der Waals surface area contributed by atoms with E-state index in [2.05, 4.69) is 10.3 Å². The zero-order chi connectivity index (χ0) is 22.9. The molecular formula is C23H15ClF3N3O2. The Bertz CT molecular complexity index is 1370. The lowest BCUT2D eigenvalue weighted by Gasteiger charge is -2.15. The average molecular weight is 458 g/mol. The highest BCUT2D eigenvalue weighted by Crippen LogP contribution is 2.34. The van der Waals surface area contributed by atoms with Gasteiger partial charge in [0.25, 0.3) is 0 Å². The lowest BCUT2D eigenvalue weighted by molar-refractivity contribution is -0.137. The molecule has 0 aliphatic rings. The second-order valence-corrected chi connectivity index (χ2v) is 7.38. The van der Waals surface area contributed by atoms with E-state index in [1.165, 1.54) is 12.1 Å². The van der Waals surface area contributed by atoms with Crippen molar-refractivity contribution in [2.45, 2.75) is 12.7 Å². The number of carbonyl (C=O) groups excluding carboxylic acids is 1. The highest BCUT2D eigenvalue weighted by Gasteiger charge is 2.33. The zero-order valence-corrected chi connectivity index (χ0v) is 17.1. The molecule has 1 N–H and O–H groups in total. The summed E-state index contributed by atoms with van der Waals surface area (Å²) in [5.41, 5.74) is -0.612. The van der Waals surface area contributed by atoms with Crippen molar-refractivity contribution >= 4 is 34.1 Å². The molecule has 0 fully saturated rings. The van der Waals surface area contributed by atoms with Crippen LogP contribution in [0.1, 0.15) is 5.56 Å². The lowest BCUT2D eigenvalue weighted by atomic mass is 10.1. The van der Waals surface area contributed by atoms with Gasteiger partial charge in [-0.3, -0.25) is 9.36 Å². The number of hydrogen-bond acceptors (Lipinski definition) is 3. The van der Waals surface area contributed by atoms with Gasteiger partial charge in [-0.05, 0) is 30.3 Å². The predicted octanol–water partition coefficient (Wildman–Crippen LogP) is 5.37. The fourth-order valence-electron chi connectivity index (χ4n) is 3.39. The van der Waals surface area contributed by atoms with E-state index in [1.807, 2.05) is 6.07 Å². The summed E-state index contributed by atoms with van der Waals surface area (Å²) in [6, 6.07) is 18.4. The van der Waals surface area contributed by atoms with Gasteiger partial charge < -0.3 is 5.32 Å². The number of para-hydroxylation sites is 1. The molecule has 1 heterocycles. The molecule has 1 amide bonds. The van der Waals surface area contributed by atoms with Crippen molar-refractivity contribution < 1.29 is 18.0 Å². The van der Waals surface area contributed by atoms with Crippen LogP contribution in [0.5, 0.6) is 0 Å². The molecule has 3 aromatic carbocycles. The summed E-state index contributed by atoms with van der Waals surface area (Å²) >= 11 is 6.14. The number of benzene rings is 3. The summed E-state index contributed by atoms with van der Waals surface area (Å²) in [5, 5.41) is 3.18. The number of amides is 1. The average Bonchev–Trinajstić information content (AvgIpc) is 2.75. The van der Waals surface area contributed by atoms with Crippen molar-refractivity contribution in [1.82, 2.24) is 9.55 Å². The fraction of sp³-hybridized carbons (Fsp3) is 0.0870. The molecule has 0 saturated heterocycles. The van der Waals surface area contributed by atoms with Gasteiger partial charge in [0.05, 0.1) is 22.5 Å². The molecule has 0 unspecified atom stereocenters. The van der Waals surface area contributed by atoms with Crippen LogP contribution in [0.4, 0.5) is 18.9 Å². The molecule has 9 heteroatoms. The lowest BCUT2D eigenvalue weighted by Crippen LogP contribution is -2.30. The zero-order valence-electron chi connectivity index (χ0n) is 16.4. The third-order valence-electron chi connectivity index (χ3n) is 4.80. The smallest absolute Gasteiger partial charge is 0.324 e. The van der Waals surface area contributed by atoms with Crippen LogP contribution in [0.15, 0.2) is 77.6 Å². The Balaban J connectivity index is 1.74. The van der Waals surface area contributed by atoms with Gasteiger partial charge in [0.2, 0.25) is 5.91 Å². The first-order valence-corrected chi connectivity index (χ1v) is 9.83. The monoisotopic (exact) mass is 457 g/mol. The molecule has 0 spiro atoms. The molecule has 5 nitrogen and oxygen atoms in total. The number of aromatic nitrogens is 2. The van der Waals surface area contributed by atoms with E-state index in [1.54, 1.807) is 42.5 Å². The van der Waals surface area contributed by atoms with Gasteiger partial charge in [0.1, 0.15) is 6.54 Å². The Labute approximate surface area is 185 Å². The summed E-state index contributed by atoms with van der Waals surface area (Å²) in [6.07, 6.45) is -4.64. The Morgan fingerprint density at radius 2 is 1.69 bits per heavy atom. The highest BCUT2D eigenvalue weighted by atomic mass is 35.5. The van der Waals surface area contributed by atoms with E-state index >= 15 is 0 Å². The predicted molar refractivity (Wildman–Crippen MR) is 117 cm³/mol. The summed E-state index contributed by atoms with van der Waals surface area (Å²) < 4.78 is 40.7. The van der Waals surface area contributed by atoms with Crippen LogP contribution < -0.4 is 11.0 Å². The van der Waals surface area contributed by atoms with Gasteiger partial charge in [-0.1, -0.05) is 54.1 Å². The van der Waals surface area contributed by atoms with E-state index in [4.69, 9.17) is 11.6 Å². The molecule has 0 radical (unpaired) electrons. The van der Waals surface area contributed by atoms with Crippen molar-refractivity contribution in [1.29, 1.82) is 0 Å². The third-order valence-corrected chi connectivity index (χ3v) is 5.03. The molecule has 0 atom stereocenters. The van der Waals surface area contributed by atoms with E-state index in [9.17, 15) is 22.8 Å². The van der Waals surface area contributed by atoms with Crippen molar-refractivity contribution in [2.24, 2.45) is 0 Å². The van der Waals surface area contributed by atoms with Crippen LogP contribution in [0.25, 0.3) is 22.2 Å². The maximum atomic E-state index is 13.2. The van der Waals surface area contributed by atoms with Gasteiger partial charge in [0, 0.05) is 16.0 Å². The van der Waals surface area contributed by atoms with Gasteiger partial charge in [-0.2, -0.15) is 18.2 Å². The Kier molecular flexibility index (Phi) is 5.71. The largest absolute Gasteiger partial charge is 0.418 e. The van der Waals surface area contributed by atoms with Crippen LogP contribution in [0.2, 0.25) is 5.02 Å². The molecule has 4 rings (SSSR count). The Hall–Kier alpha value is -3.65. The molecule has 32 heavy (non-hydrogen) atoms. The van der Waals surface area contributed by atoms with E-state index in [0.717, 1.165) is 16.7 Å². The normalized spacial score (nSPS) is 11.5. The summed E-state index contributed by atoms with van der Waals surface area (Å²) in [4.78, 5) is 29.5. The van der Waals surface area contributed by atoms with Gasteiger partial charge in [0.15, 0.2) is 0 Å². The standard InChI is InChI=1S/C23H15ClF3N3O2/c24-15-10-11-19-16(12-15)21(14-6-2-1-3-7-14)29-22(32)30(19)13-20(31)28-18-9-5-4-8-17(18)23(25,26)27/h1-12H,13H2,(H,28,31). The molecule has 0 bridgehead atoms. The van der Waals surface area contributed by atoms with Crippen LogP contribution in [0, 0.1) is 0 Å². The summed E-state index contributed by atoms with van der Waals surface area (Å²) in [6.45, 7) is -0.523. The minimum atomic E-state index is -4.64. The number of fused-ring (bicyclic) bond motifs is 1. The Morgan fingerprint density at radius 1 is 1.00 bits per heavy atom. The molecular weight excluding hydrogens is 443 g/mol. The number of nitrogens with one attached hydrogen (secondary N) is 1. The maximum Gasteiger partial charge on any atom is 0.418 e. The van der Waals surface area contributed by atoms with Crippen molar-refractivity contribution in [2.75, 3.05) is 5.32 Å². The second kappa shape index (κ2) is 8.47. The number of halogens is 4. The summed E-state index contributed by atoms with van der Waals surface area (Å²) in [5.74, 6) is -0.797. The number of hydrogen-bond donors (Lipinski definition) is 1. The third kappa shape index (κ3) is 4.36. The fourth-order valence-corrected chi connectivity index (χ4v) is 3.57. The van der Waals surface area contributed by atoms with Crippen molar-refractivity contribution in [3.05, 3.63) is 93.9 Å². The van der Waals surface area contributed by atoms with Crippen LogP contribution in [-0.2, 0) is 17.5 Å². The number of rotatable bonds is 4. The molecule has 0 aliphatic heterocycles. The van der Waals surface area contributed by atoms with Crippen LogP contribution >= 0.6 is 11.6 Å².